The van der Waals surface area contributed by atoms with Gasteiger partial charge in [-0.15, -0.1) is 0 Å². The van der Waals surface area contributed by atoms with Crippen LogP contribution in [0.2, 0.25) is 0 Å². The molecule has 4 N–H and O–H groups in total. The molecule has 0 atom stereocenters. The molecule has 0 aliphatic carbocycles. The summed E-state index contributed by atoms with van der Waals surface area (Å²) in [5, 5.41) is 11.5. The predicted molar refractivity (Wildman–Crippen MR) is 115 cm³/mol. The molecule has 0 bridgehead atoms. The summed E-state index contributed by atoms with van der Waals surface area (Å²) in [5.41, 5.74) is 10.1. The first-order valence-electron chi connectivity index (χ1n) is 9.29. The van der Waals surface area contributed by atoms with Gasteiger partial charge in [-0.1, -0.05) is 35.9 Å². The number of benzene rings is 2. The van der Waals surface area contributed by atoms with Crippen molar-refractivity contribution in [2.24, 2.45) is 0 Å². The number of nitrogens with one attached hydrogen (secondary N) is 4. The Hall–Kier alpha value is -4.74. The number of carbonyl (C=O) groups excluding carboxylic acids is 2. The highest BCUT2D eigenvalue weighted by Crippen LogP contribution is 2.27. The van der Waals surface area contributed by atoms with E-state index < -0.39 is 22.4 Å². The summed E-state index contributed by atoms with van der Waals surface area (Å²) in [7, 11) is 0. The van der Waals surface area contributed by atoms with Crippen LogP contribution in [-0.4, -0.2) is 33.3 Å². The van der Waals surface area contributed by atoms with Gasteiger partial charge in [0.15, 0.2) is 6.61 Å². The van der Waals surface area contributed by atoms with Crippen LogP contribution in [0.25, 0.3) is 0 Å². The van der Waals surface area contributed by atoms with Gasteiger partial charge in [-0.05, 0) is 31.2 Å². The maximum atomic E-state index is 12.2. The highest BCUT2D eigenvalue weighted by molar-refractivity contribution is 5.95. The number of anilines is 2. The number of aryl methyl sites for hydroxylation is 1. The molecule has 0 aliphatic heterocycles. The normalized spacial score (nSPS) is 10.0. The lowest BCUT2D eigenvalue weighted by atomic mass is 10.1. The van der Waals surface area contributed by atoms with Gasteiger partial charge in [0.2, 0.25) is 11.6 Å². The Morgan fingerprint density at radius 2 is 1.59 bits per heavy atom. The summed E-state index contributed by atoms with van der Waals surface area (Å²) >= 11 is 0. The van der Waals surface area contributed by atoms with E-state index in [-0.39, 0.29) is 18.2 Å². The third kappa shape index (κ3) is 5.89. The van der Waals surface area contributed by atoms with Crippen molar-refractivity contribution in [2.45, 2.75) is 6.92 Å². The molecule has 0 saturated heterocycles. The number of rotatable bonds is 9. The molecular weight excluding hydrogens is 418 g/mol. The highest BCUT2D eigenvalue weighted by Gasteiger charge is 2.24. The minimum Gasteiger partial charge on any atom is -0.484 e. The zero-order chi connectivity index (χ0) is 22.9. The summed E-state index contributed by atoms with van der Waals surface area (Å²) in [5.74, 6) is -1.18. The fraction of sp³-hybridized carbons (Fsp3) is 0.100. The lowest BCUT2D eigenvalue weighted by molar-refractivity contribution is -0.383. The maximum Gasteiger partial charge on any atom is 0.356 e. The van der Waals surface area contributed by atoms with E-state index >= 15 is 0 Å². The fourth-order valence-corrected chi connectivity index (χ4v) is 2.46. The molecule has 32 heavy (non-hydrogen) atoms. The molecule has 3 rings (SSSR count). The molecule has 0 saturated carbocycles. The van der Waals surface area contributed by atoms with E-state index in [1.165, 1.54) is 0 Å². The molecule has 0 spiro atoms. The monoisotopic (exact) mass is 437 g/mol. The van der Waals surface area contributed by atoms with Gasteiger partial charge in [-0.2, -0.15) is 0 Å². The Morgan fingerprint density at radius 3 is 2.22 bits per heavy atom. The molecule has 0 radical (unpaired) electrons. The standard InChI is InChI=1S/C20H19N7O5/c1-13-7-9-14(10-8-13)20(29)26-25-19-17(27(30)31)18(21-12-22-19)24-23-16(28)11-32-15-5-3-2-4-6-15/h2-10,12H,11H2,1H3,(H,23,28)(H,26,29)(H2,21,22,24,25). The first kappa shape index (κ1) is 22.0. The van der Waals surface area contributed by atoms with Crippen molar-refractivity contribution in [3.63, 3.8) is 0 Å². The van der Waals surface area contributed by atoms with Crippen molar-refractivity contribution in [3.8, 4) is 5.75 Å². The second-order valence-corrected chi connectivity index (χ2v) is 6.40. The molecule has 164 valence electrons. The molecule has 1 heterocycles. The molecule has 0 unspecified atom stereocenters. The Kier molecular flexibility index (Phi) is 7.09. The maximum absolute atomic E-state index is 12.2. The number of carbonyl (C=O) groups is 2. The van der Waals surface area contributed by atoms with Gasteiger partial charge in [0.1, 0.15) is 12.1 Å². The van der Waals surface area contributed by atoms with Gasteiger partial charge in [-0.25, -0.2) is 9.97 Å². The van der Waals surface area contributed by atoms with Gasteiger partial charge >= 0.3 is 5.69 Å². The van der Waals surface area contributed by atoms with E-state index in [1.807, 2.05) is 6.92 Å². The lowest BCUT2D eigenvalue weighted by Crippen LogP contribution is -2.34. The topological polar surface area (TPSA) is 160 Å². The van der Waals surface area contributed by atoms with Crippen molar-refractivity contribution in [2.75, 3.05) is 17.5 Å². The van der Waals surface area contributed by atoms with E-state index in [4.69, 9.17) is 4.74 Å². The van der Waals surface area contributed by atoms with E-state index in [2.05, 4.69) is 31.7 Å². The minimum atomic E-state index is -0.755. The molecule has 2 amide bonds. The summed E-state index contributed by atoms with van der Waals surface area (Å²) in [6.45, 7) is 1.55. The van der Waals surface area contributed by atoms with Crippen LogP contribution in [-0.2, 0) is 4.79 Å². The van der Waals surface area contributed by atoms with Crippen LogP contribution in [0.1, 0.15) is 15.9 Å². The molecular formula is C20H19N7O5. The number of ether oxygens (including phenoxy) is 1. The third-order valence-electron chi connectivity index (χ3n) is 4.05. The Labute approximate surface area is 182 Å². The average molecular weight is 437 g/mol. The van der Waals surface area contributed by atoms with Crippen molar-refractivity contribution in [3.05, 3.63) is 82.2 Å². The summed E-state index contributed by atoms with van der Waals surface area (Å²) < 4.78 is 5.29. The number of hydrazine groups is 2. The van der Waals surface area contributed by atoms with Crippen molar-refractivity contribution < 1.29 is 19.2 Å². The number of aromatic nitrogens is 2. The van der Waals surface area contributed by atoms with E-state index in [1.54, 1.807) is 54.6 Å². The van der Waals surface area contributed by atoms with Crippen molar-refractivity contribution in [1.29, 1.82) is 0 Å². The van der Waals surface area contributed by atoms with E-state index in [0.717, 1.165) is 11.9 Å². The highest BCUT2D eigenvalue weighted by atomic mass is 16.6. The number of amides is 2. The van der Waals surface area contributed by atoms with Gasteiger partial charge in [0, 0.05) is 5.56 Å². The smallest absolute Gasteiger partial charge is 0.356 e. The molecule has 0 fully saturated rings. The molecule has 12 nitrogen and oxygen atoms in total. The Balaban J connectivity index is 1.62. The predicted octanol–water partition coefficient (Wildman–Crippen LogP) is 1.97. The summed E-state index contributed by atoms with van der Waals surface area (Å²) in [4.78, 5) is 42.5. The van der Waals surface area contributed by atoms with Gasteiger partial charge in [0.25, 0.3) is 11.8 Å². The van der Waals surface area contributed by atoms with Crippen LogP contribution in [0, 0.1) is 17.0 Å². The summed E-state index contributed by atoms with van der Waals surface area (Å²) in [6, 6.07) is 15.4. The quantitative estimate of drug-likeness (QED) is 0.290. The van der Waals surface area contributed by atoms with Crippen LogP contribution in [0.5, 0.6) is 5.75 Å². The first-order valence-corrected chi connectivity index (χ1v) is 9.29. The lowest BCUT2D eigenvalue weighted by Gasteiger charge is -2.12. The van der Waals surface area contributed by atoms with Crippen LogP contribution in [0.3, 0.4) is 0 Å². The number of nitrogens with zero attached hydrogens (tertiary/aromatic N) is 3. The first-order chi connectivity index (χ1) is 15.4. The van der Waals surface area contributed by atoms with Crippen molar-refractivity contribution >= 4 is 29.1 Å². The second-order valence-electron chi connectivity index (χ2n) is 6.40. The molecule has 3 aromatic rings. The average Bonchev–Trinajstić information content (AvgIpc) is 2.80. The minimum absolute atomic E-state index is 0.275. The van der Waals surface area contributed by atoms with E-state index in [9.17, 15) is 19.7 Å². The summed E-state index contributed by atoms with van der Waals surface area (Å²) in [6.07, 6.45) is 1.03. The third-order valence-corrected chi connectivity index (χ3v) is 4.05. The Morgan fingerprint density at radius 1 is 0.969 bits per heavy atom. The van der Waals surface area contributed by atoms with Crippen LogP contribution >= 0.6 is 0 Å². The van der Waals surface area contributed by atoms with Crippen molar-refractivity contribution in [1.82, 2.24) is 20.8 Å². The number of para-hydroxylation sites is 1. The SMILES string of the molecule is Cc1ccc(C(=O)NNc2ncnc(NNC(=O)COc3ccccc3)c2[N+](=O)[O-])cc1. The number of nitro groups is 1. The molecule has 12 heteroatoms. The van der Waals surface area contributed by atoms with E-state index in [0.29, 0.717) is 11.3 Å². The van der Waals surface area contributed by atoms with Crippen LogP contribution in [0.15, 0.2) is 60.9 Å². The van der Waals surface area contributed by atoms with Gasteiger partial charge in [0.05, 0.1) is 4.92 Å². The molecule has 1 aromatic heterocycles. The zero-order valence-electron chi connectivity index (χ0n) is 16.9. The second kappa shape index (κ2) is 10.3. The molecule has 0 aliphatic rings. The zero-order valence-corrected chi connectivity index (χ0v) is 16.9. The van der Waals surface area contributed by atoms with Crippen LogP contribution in [0.4, 0.5) is 17.3 Å². The Bertz CT molecular complexity index is 1110. The van der Waals surface area contributed by atoms with Gasteiger partial charge in [-0.3, -0.25) is 41.4 Å². The molecule has 2 aromatic carbocycles. The fourth-order valence-electron chi connectivity index (χ4n) is 2.46. The number of hydrogen-bond donors (Lipinski definition) is 4. The largest absolute Gasteiger partial charge is 0.484 e. The number of hydrogen-bond acceptors (Lipinski definition) is 9. The van der Waals surface area contributed by atoms with Gasteiger partial charge < -0.3 is 4.74 Å². The van der Waals surface area contributed by atoms with Crippen LogP contribution < -0.4 is 26.4 Å².